The highest BCUT2D eigenvalue weighted by Crippen LogP contribution is 2.18. The van der Waals surface area contributed by atoms with E-state index in [1.165, 1.54) is 0 Å². The van der Waals surface area contributed by atoms with Crippen LogP contribution >= 0.6 is 15.9 Å². The maximum Gasteiger partial charge on any atom is 0.301 e. The standard InChI is InChI=1S/C16H14FN3O.CH3Br/c17-15(21)10-7-11-5-8-12(9-6-11)18-16-19-13-3-1-2-4-14(13)20-16;1-2/h1-6,8-9H,7,10H2,(H2,18,19,20);1H3. The number of alkyl halides is 1. The van der Waals surface area contributed by atoms with Gasteiger partial charge in [-0.25, -0.2) is 4.98 Å². The summed E-state index contributed by atoms with van der Waals surface area (Å²) < 4.78 is 12.2. The Morgan fingerprint density at radius 3 is 2.52 bits per heavy atom. The Hall–Kier alpha value is -2.21. The number of fused-ring (bicyclic) bond motifs is 1. The minimum Gasteiger partial charge on any atom is -0.326 e. The molecule has 0 saturated heterocycles. The molecule has 1 heterocycles. The van der Waals surface area contributed by atoms with Gasteiger partial charge in [-0.3, -0.25) is 4.79 Å². The summed E-state index contributed by atoms with van der Waals surface area (Å²) in [5.74, 6) is 2.48. The minimum atomic E-state index is -1.28. The van der Waals surface area contributed by atoms with Gasteiger partial charge in [0.25, 0.3) is 0 Å². The molecule has 0 bridgehead atoms. The normalized spacial score (nSPS) is 10.0. The van der Waals surface area contributed by atoms with Crippen LogP contribution in [0, 0.1) is 0 Å². The Bertz CT molecular complexity index is 738. The number of aromatic amines is 1. The average Bonchev–Trinajstić information content (AvgIpc) is 2.98. The number of nitrogens with one attached hydrogen (secondary N) is 2. The van der Waals surface area contributed by atoms with Gasteiger partial charge >= 0.3 is 6.04 Å². The summed E-state index contributed by atoms with van der Waals surface area (Å²) in [6.07, 6.45) is 0.344. The first-order valence-electron chi connectivity index (χ1n) is 7.07. The van der Waals surface area contributed by atoms with Gasteiger partial charge in [0.15, 0.2) is 0 Å². The summed E-state index contributed by atoms with van der Waals surface area (Å²) in [6.45, 7) is 0. The number of H-pyrrole nitrogens is 1. The minimum absolute atomic E-state index is 0.0731. The van der Waals surface area contributed by atoms with Crippen molar-refractivity contribution < 1.29 is 9.18 Å². The number of hydrogen-bond donors (Lipinski definition) is 2. The van der Waals surface area contributed by atoms with Gasteiger partial charge in [-0.05, 0) is 42.1 Å². The van der Waals surface area contributed by atoms with Crippen LogP contribution in [-0.2, 0) is 11.2 Å². The Labute approximate surface area is 142 Å². The van der Waals surface area contributed by atoms with Crippen LogP contribution in [0.3, 0.4) is 0 Å². The molecule has 0 aliphatic rings. The van der Waals surface area contributed by atoms with Gasteiger partial charge in [0, 0.05) is 12.1 Å². The zero-order valence-corrected chi connectivity index (χ0v) is 14.2. The van der Waals surface area contributed by atoms with Crippen LogP contribution < -0.4 is 5.32 Å². The maximum atomic E-state index is 12.2. The fraction of sp³-hybridized carbons (Fsp3) is 0.176. The zero-order chi connectivity index (χ0) is 16.7. The Kier molecular flexibility index (Phi) is 6.29. The summed E-state index contributed by atoms with van der Waals surface area (Å²) in [5, 5.41) is 3.18. The summed E-state index contributed by atoms with van der Waals surface area (Å²) in [6, 6.07) is 14.0. The van der Waals surface area contributed by atoms with Gasteiger partial charge in [0.05, 0.1) is 11.0 Å². The van der Waals surface area contributed by atoms with Crippen LogP contribution in [0.5, 0.6) is 0 Å². The van der Waals surface area contributed by atoms with E-state index in [0.717, 1.165) is 22.3 Å². The lowest BCUT2D eigenvalue weighted by molar-refractivity contribution is -0.129. The lowest BCUT2D eigenvalue weighted by atomic mass is 10.1. The van der Waals surface area contributed by atoms with Crippen LogP contribution in [-0.4, -0.2) is 21.8 Å². The monoisotopic (exact) mass is 377 g/mol. The quantitative estimate of drug-likeness (QED) is 0.498. The highest BCUT2D eigenvalue weighted by molar-refractivity contribution is 9.08. The van der Waals surface area contributed by atoms with Gasteiger partial charge in [0.2, 0.25) is 5.95 Å². The summed E-state index contributed by atoms with van der Waals surface area (Å²) >= 11 is 2.94. The third kappa shape index (κ3) is 4.89. The molecule has 1 aromatic heterocycles. The molecule has 0 unspecified atom stereocenters. The average molecular weight is 378 g/mol. The Morgan fingerprint density at radius 1 is 1.17 bits per heavy atom. The van der Waals surface area contributed by atoms with Crippen LogP contribution in [0.1, 0.15) is 12.0 Å². The molecule has 0 atom stereocenters. The molecule has 120 valence electrons. The molecule has 0 radical (unpaired) electrons. The number of aryl methyl sites for hydroxylation is 1. The van der Waals surface area contributed by atoms with Crippen molar-refractivity contribution >= 4 is 44.6 Å². The number of benzene rings is 2. The molecular formula is C17H17BrFN3O. The van der Waals surface area contributed by atoms with Gasteiger partial charge in [-0.2, -0.15) is 4.39 Å². The number of halogens is 2. The number of carbonyl (C=O) groups excluding carboxylic acids is 1. The number of anilines is 2. The maximum absolute atomic E-state index is 12.2. The van der Waals surface area contributed by atoms with Crippen molar-refractivity contribution in [2.75, 3.05) is 11.1 Å². The first-order chi connectivity index (χ1) is 11.2. The van der Waals surface area contributed by atoms with E-state index in [1.807, 2.05) is 54.4 Å². The first kappa shape index (κ1) is 17.1. The summed E-state index contributed by atoms with van der Waals surface area (Å²) in [7, 11) is 0. The predicted molar refractivity (Wildman–Crippen MR) is 95.1 cm³/mol. The number of imidazole rings is 1. The molecule has 0 fully saturated rings. The van der Waals surface area contributed by atoms with Gasteiger partial charge in [-0.15, -0.1) is 0 Å². The van der Waals surface area contributed by atoms with Crippen molar-refractivity contribution in [3.05, 3.63) is 54.1 Å². The SMILES string of the molecule is CBr.O=C(F)CCc1ccc(Nc2nc3ccccc3[nH]2)cc1. The van der Waals surface area contributed by atoms with Crippen molar-refractivity contribution in [2.45, 2.75) is 12.8 Å². The summed E-state index contributed by atoms with van der Waals surface area (Å²) in [4.78, 5) is 17.9. The van der Waals surface area contributed by atoms with E-state index in [0.29, 0.717) is 12.4 Å². The molecule has 0 aliphatic heterocycles. The lowest BCUT2D eigenvalue weighted by Gasteiger charge is -2.04. The van der Waals surface area contributed by atoms with Crippen molar-refractivity contribution in [3.63, 3.8) is 0 Å². The second-order valence-corrected chi connectivity index (χ2v) is 4.78. The predicted octanol–water partition coefficient (Wildman–Crippen LogP) is 4.75. The third-order valence-electron chi connectivity index (χ3n) is 3.22. The highest BCUT2D eigenvalue weighted by Gasteiger charge is 2.03. The highest BCUT2D eigenvalue weighted by atomic mass is 79.9. The molecule has 0 aliphatic carbocycles. The second kappa shape index (κ2) is 8.43. The number of hydrogen-bond acceptors (Lipinski definition) is 3. The molecule has 23 heavy (non-hydrogen) atoms. The van der Waals surface area contributed by atoms with E-state index < -0.39 is 6.04 Å². The fourth-order valence-corrected chi connectivity index (χ4v) is 2.15. The molecule has 4 nitrogen and oxygen atoms in total. The molecule has 2 N–H and O–H groups in total. The number of carbonyl (C=O) groups is 1. The van der Waals surface area contributed by atoms with E-state index in [-0.39, 0.29) is 6.42 Å². The topological polar surface area (TPSA) is 57.8 Å². The van der Waals surface area contributed by atoms with Crippen LogP contribution in [0.25, 0.3) is 11.0 Å². The van der Waals surface area contributed by atoms with Gasteiger partial charge in [-0.1, -0.05) is 40.2 Å². The smallest absolute Gasteiger partial charge is 0.301 e. The molecular weight excluding hydrogens is 361 g/mol. The van der Waals surface area contributed by atoms with E-state index in [4.69, 9.17) is 0 Å². The molecule has 3 aromatic rings. The molecule has 0 spiro atoms. The van der Waals surface area contributed by atoms with Crippen molar-refractivity contribution in [2.24, 2.45) is 0 Å². The van der Waals surface area contributed by atoms with Crippen molar-refractivity contribution in [1.29, 1.82) is 0 Å². The largest absolute Gasteiger partial charge is 0.326 e. The number of nitrogens with zero attached hydrogens (tertiary/aromatic N) is 1. The Morgan fingerprint density at radius 2 is 1.87 bits per heavy atom. The second-order valence-electron chi connectivity index (χ2n) is 4.78. The third-order valence-corrected chi connectivity index (χ3v) is 3.22. The molecule has 0 saturated carbocycles. The van der Waals surface area contributed by atoms with Crippen molar-refractivity contribution in [3.8, 4) is 0 Å². The van der Waals surface area contributed by atoms with Crippen molar-refractivity contribution in [1.82, 2.24) is 9.97 Å². The molecule has 0 amide bonds. The number of rotatable bonds is 5. The van der Waals surface area contributed by atoms with E-state index in [9.17, 15) is 9.18 Å². The molecule has 2 aromatic carbocycles. The van der Waals surface area contributed by atoms with E-state index in [1.54, 1.807) is 0 Å². The van der Waals surface area contributed by atoms with Crippen LogP contribution in [0.15, 0.2) is 48.5 Å². The number of aromatic nitrogens is 2. The molecule has 6 heteroatoms. The van der Waals surface area contributed by atoms with Gasteiger partial charge < -0.3 is 10.3 Å². The van der Waals surface area contributed by atoms with Crippen LogP contribution in [0.4, 0.5) is 16.0 Å². The molecule has 3 rings (SSSR count). The van der Waals surface area contributed by atoms with E-state index in [2.05, 4.69) is 31.2 Å². The summed E-state index contributed by atoms with van der Waals surface area (Å²) in [5.41, 5.74) is 3.68. The first-order valence-corrected chi connectivity index (χ1v) is 8.66. The number of para-hydroxylation sites is 2. The van der Waals surface area contributed by atoms with Crippen LogP contribution in [0.2, 0.25) is 0 Å². The zero-order valence-electron chi connectivity index (χ0n) is 12.6. The Balaban J connectivity index is 0.000000924. The van der Waals surface area contributed by atoms with E-state index >= 15 is 0 Å². The van der Waals surface area contributed by atoms with Gasteiger partial charge in [0.1, 0.15) is 0 Å². The fourth-order valence-electron chi connectivity index (χ4n) is 2.15. The lowest BCUT2D eigenvalue weighted by Crippen LogP contribution is -1.95.